The molecule has 3 heterocycles. The fourth-order valence-corrected chi connectivity index (χ4v) is 4.05. The van der Waals surface area contributed by atoms with Crippen LogP contribution in [-0.2, 0) is 0 Å². The van der Waals surface area contributed by atoms with Crippen LogP contribution in [0.4, 0.5) is 5.82 Å². The van der Waals surface area contributed by atoms with E-state index in [1.54, 1.807) is 0 Å². The zero-order chi connectivity index (χ0) is 17.1. The maximum absolute atomic E-state index is 12.3. The number of pyridine rings is 1. The van der Waals surface area contributed by atoms with E-state index in [-0.39, 0.29) is 5.56 Å². The van der Waals surface area contributed by atoms with Gasteiger partial charge in [-0.15, -0.1) is 0 Å². The Morgan fingerprint density at radius 3 is 2.28 bits per heavy atom. The third-order valence-electron chi connectivity index (χ3n) is 5.63. The first-order valence-corrected chi connectivity index (χ1v) is 9.61. The third kappa shape index (κ3) is 3.88. The zero-order valence-corrected chi connectivity index (χ0v) is 14.9. The number of piperidine rings is 1. The van der Waals surface area contributed by atoms with E-state index in [0.717, 1.165) is 42.8 Å². The molecule has 0 amide bonds. The summed E-state index contributed by atoms with van der Waals surface area (Å²) >= 11 is 0. The van der Waals surface area contributed by atoms with Crippen LogP contribution in [0.2, 0.25) is 0 Å². The fourth-order valence-electron chi connectivity index (χ4n) is 4.05. The molecule has 1 N–H and O–H groups in total. The summed E-state index contributed by atoms with van der Waals surface area (Å²) in [4.78, 5) is 22.8. The summed E-state index contributed by atoms with van der Waals surface area (Å²) in [6.07, 6.45) is 4.13. The summed E-state index contributed by atoms with van der Waals surface area (Å²) in [5.41, 5.74) is 0.0145. The van der Waals surface area contributed by atoms with Crippen LogP contribution < -0.4 is 10.5 Å². The van der Waals surface area contributed by atoms with E-state index in [0.29, 0.717) is 0 Å². The maximum Gasteiger partial charge on any atom is 0.257 e. The Morgan fingerprint density at radius 1 is 0.840 bits per heavy atom. The number of H-pyrrole nitrogens is 1. The Labute approximate surface area is 149 Å². The van der Waals surface area contributed by atoms with Gasteiger partial charge in [0.25, 0.3) is 5.56 Å². The molecule has 25 heavy (non-hydrogen) atoms. The molecule has 2 saturated heterocycles. The number of nitrogens with one attached hydrogen (secondary N) is 1. The van der Waals surface area contributed by atoms with Crippen LogP contribution in [0.25, 0.3) is 10.8 Å². The Bertz CT molecular complexity index is 758. The van der Waals surface area contributed by atoms with E-state index in [1.165, 1.54) is 45.4 Å². The number of likely N-dealkylation sites (tertiary alicyclic amines) is 1. The number of nitrogens with zero attached hydrogens (tertiary/aromatic N) is 3. The van der Waals surface area contributed by atoms with Crippen LogP contribution in [0.3, 0.4) is 0 Å². The van der Waals surface area contributed by atoms with Crippen molar-refractivity contribution in [1.82, 2.24) is 14.8 Å². The van der Waals surface area contributed by atoms with Crippen molar-refractivity contribution in [1.29, 1.82) is 0 Å². The van der Waals surface area contributed by atoms with Crippen LogP contribution >= 0.6 is 0 Å². The minimum absolute atomic E-state index is 0.0145. The molecule has 2 aromatic rings. The molecule has 134 valence electrons. The van der Waals surface area contributed by atoms with Gasteiger partial charge in [0, 0.05) is 44.7 Å². The van der Waals surface area contributed by atoms with E-state index in [1.807, 2.05) is 24.3 Å². The van der Waals surface area contributed by atoms with Crippen molar-refractivity contribution in [3.63, 3.8) is 0 Å². The van der Waals surface area contributed by atoms with Crippen molar-refractivity contribution in [2.75, 3.05) is 57.3 Å². The van der Waals surface area contributed by atoms with Gasteiger partial charge < -0.3 is 14.8 Å². The van der Waals surface area contributed by atoms with Gasteiger partial charge in [-0.25, -0.2) is 0 Å². The van der Waals surface area contributed by atoms with Gasteiger partial charge in [-0.1, -0.05) is 24.6 Å². The molecule has 2 aliphatic rings. The number of aromatic amines is 1. The normalized spacial score (nSPS) is 20.2. The molecule has 1 aromatic carbocycles. The van der Waals surface area contributed by atoms with Crippen molar-refractivity contribution >= 4 is 16.6 Å². The highest BCUT2D eigenvalue weighted by atomic mass is 16.1. The molecule has 0 radical (unpaired) electrons. The van der Waals surface area contributed by atoms with Crippen LogP contribution in [0.5, 0.6) is 0 Å². The second kappa shape index (κ2) is 7.58. The predicted molar refractivity (Wildman–Crippen MR) is 104 cm³/mol. The number of fused-ring (bicyclic) bond motifs is 1. The van der Waals surface area contributed by atoms with Gasteiger partial charge in [0.05, 0.1) is 0 Å². The van der Waals surface area contributed by atoms with Gasteiger partial charge in [0.15, 0.2) is 0 Å². The second-order valence-electron chi connectivity index (χ2n) is 7.30. The molecule has 2 fully saturated rings. The van der Waals surface area contributed by atoms with E-state index in [9.17, 15) is 4.79 Å². The number of rotatable bonds is 4. The highest BCUT2D eigenvalue weighted by molar-refractivity contribution is 5.83. The molecule has 0 aliphatic carbocycles. The molecule has 4 rings (SSSR count). The average molecular weight is 340 g/mol. The number of anilines is 1. The molecule has 5 nitrogen and oxygen atoms in total. The van der Waals surface area contributed by atoms with Crippen molar-refractivity contribution in [2.45, 2.75) is 19.3 Å². The largest absolute Gasteiger partial charge is 0.356 e. The Balaban J connectivity index is 1.34. The molecule has 0 saturated carbocycles. The van der Waals surface area contributed by atoms with Gasteiger partial charge in [-0.05, 0) is 43.5 Å². The summed E-state index contributed by atoms with van der Waals surface area (Å²) in [6, 6.07) is 9.92. The lowest BCUT2D eigenvalue weighted by atomic mass is 10.1. The molecule has 0 spiro atoms. The standard InChI is InChI=1S/C20H28N4O/c25-20-18-7-3-2-6-17(18)16-19(21-20)24-14-12-23(13-15-24)11-10-22-8-4-1-5-9-22/h2-3,6-7,16H,1,4-5,8-15H2,(H,21,25). The Hall–Kier alpha value is -1.85. The number of aromatic nitrogens is 1. The molecule has 5 heteroatoms. The molecular formula is C20H28N4O. The van der Waals surface area contributed by atoms with Crippen LogP contribution in [0.1, 0.15) is 19.3 Å². The van der Waals surface area contributed by atoms with E-state index in [2.05, 4.69) is 25.8 Å². The third-order valence-corrected chi connectivity index (χ3v) is 5.63. The summed E-state index contributed by atoms with van der Waals surface area (Å²) in [6.45, 7) is 9.03. The second-order valence-corrected chi connectivity index (χ2v) is 7.30. The molecule has 0 bridgehead atoms. The van der Waals surface area contributed by atoms with Crippen LogP contribution in [-0.4, -0.2) is 67.1 Å². The summed E-state index contributed by atoms with van der Waals surface area (Å²) < 4.78 is 0. The van der Waals surface area contributed by atoms with E-state index < -0.39 is 0 Å². The summed E-state index contributed by atoms with van der Waals surface area (Å²) in [5, 5.41) is 1.79. The molecule has 0 unspecified atom stereocenters. The first-order chi connectivity index (χ1) is 12.3. The first kappa shape index (κ1) is 16.6. The minimum Gasteiger partial charge on any atom is -0.356 e. The van der Waals surface area contributed by atoms with E-state index >= 15 is 0 Å². The predicted octanol–water partition coefficient (Wildman–Crippen LogP) is 2.14. The van der Waals surface area contributed by atoms with Crippen molar-refractivity contribution in [3.05, 3.63) is 40.7 Å². The van der Waals surface area contributed by atoms with Crippen molar-refractivity contribution in [2.24, 2.45) is 0 Å². The highest BCUT2D eigenvalue weighted by Crippen LogP contribution is 2.18. The first-order valence-electron chi connectivity index (χ1n) is 9.61. The lowest BCUT2D eigenvalue weighted by molar-refractivity contribution is 0.176. The number of piperazine rings is 1. The van der Waals surface area contributed by atoms with Gasteiger partial charge in [0.2, 0.25) is 0 Å². The van der Waals surface area contributed by atoms with Gasteiger partial charge in [0.1, 0.15) is 5.82 Å². The lowest BCUT2D eigenvalue weighted by Crippen LogP contribution is -2.49. The summed E-state index contributed by atoms with van der Waals surface area (Å²) in [5.74, 6) is 0.958. The number of hydrogen-bond acceptors (Lipinski definition) is 4. The summed E-state index contributed by atoms with van der Waals surface area (Å²) in [7, 11) is 0. The smallest absolute Gasteiger partial charge is 0.257 e. The van der Waals surface area contributed by atoms with Crippen LogP contribution in [0, 0.1) is 0 Å². The molecule has 2 aliphatic heterocycles. The quantitative estimate of drug-likeness (QED) is 0.926. The van der Waals surface area contributed by atoms with Crippen molar-refractivity contribution in [3.8, 4) is 0 Å². The van der Waals surface area contributed by atoms with Gasteiger partial charge in [-0.3, -0.25) is 9.69 Å². The molecular weight excluding hydrogens is 312 g/mol. The SMILES string of the molecule is O=c1[nH]c(N2CCN(CCN3CCCCC3)CC2)cc2ccccc12. The van der Waals surface area contributed by atoms with Gasteiger partial charge in [-0.2, -0.15) is 0 Å². The lowest BCUT2D eigenvalue weighted by Gasteiger charge is -2.37. The topological polar surface area (TPSA) is 42.6 Å². The highest BCUT2D eigenvalue weighted by Gasteiger charge is 2.19. The van der Waals surface area contributed by atoms with Gasteiger partial charge >= 0.3 is 0 Å². The number of benzene rings is 1. The number of hydrogen-bond donors (Lipinski definition) is 1. The Morgan fingerprint density at radius 2 is 1.52 bits per heavy atom. The molecule has 0 atom stereocenters. The molecule has 1 aromatic heterocycles. The minimum atomic E-state index is 0.0145. The van der Waals surface area contributed by atoms with E-state index in [4.69, 9.17) is 0 Å². The monoisotopic (exact) mass is 340 g/mol. The van der Waals surface area contributed by atoms with Crippen LogP contribution in [0.15, 0.2) is 35.1 Å². The average Bonchev–Trinajstić information content (AvgIpc) is 2.68. The van der Waals surface area contributed by atoms with Crippen molar-refractivity contribution < 1.29 is 0 Å². The fraction of sp³-hybridized carbons (Fsp3) is 0.550. The Kier molecular flexibility index (Phi) is 5.04. The zero-order valence-electron chi connectivity index (χ0n) is 14.9. The maximum atomic E-state index is 12.3.